The molecule has 1 aromatic heterocycles. The number of nitrogens with two attached hydrogens (primary N) is 1. The first-order chi connectivity index (χ1) is 9.66. The van der Waals surface area contributed by atoms with Crippen molar-refractivity contribution in [2.45, 2.75) is 12.8 Å². The minimum absolute atomic E-state index is 0.343. The molecule has 5 heteroatoms. The van der Waals surface area contributed by atoms with Crippen LogP contribution in [-0.2, 0) is 6.42 Å². The Labute approximate surface area is 132 Å². The van der Waals surface area contributed by atoms with E-state index in [-0.39, 0.29) is 0 Å². The van der Waals surface area contributed by atoms with Crippen LogP contribution >= 0.6 is 28.1 Å². The Hall–Kier alpha value is -1.46. The fourth-order valence-electron chi connectivity index (χ4n) is 1.83. The molecule has 0 amide bonds. The molecule has 2 N–H and O–H groups in total. The molecule has 2 aromatic rings. The van der Waals surface area contributed by atoms with Gasteiger partial charge in [0.2, 0.25) is 0 Å². The van der Waals surface area contributed by atoms with Gasteiger partial charge in [0.25, 0.3) is 0 Å². The van der Waals surface area contributed by atoms with Crippen LogP contribution in [0.25, 0.3) is 0 Å². The molecule has 0 saturated carbocycles. The van der Waals surface area contributed by atoms with Crippen molar-refractivity contribution in [1.82, 2.24) is 4.98 Å². The van der Waals surface area contributed by atoms with Crippen molar-refractivity contribution in [2.75, 3.05) is 6.61 Å². The maximum Gasteiger partial charge on any atom is 0.129 e. The Morgan fingerprint density at radius 3 is 2.70 bits per heavy atom. The second-order valence-electron chi connectivity index (χ2n) is 4.31. The number of hydrogen-bond donors (Lipinski definition) is 1. The summed E-state index contributed by atoms with van der Waals surface area (Å²) in [6.07, 6.45) is 5.49. The topological polar surface area (TPSA) is 48.1 Å². The molecule has 0 unspecified atom stereocenters. The lowest BCUT2D eigenvalue weighted by Crippen LogP contribution is -2.12. The van der Waals surface area contributed by atoms with Crippen molar-refractivity contribution in [3.63, 3.8) is 0 Å². The van der Waals surface area contributed by atoms with Gasteiger partial charge < -0.3 is 10.5 Å². The SMILES string of the molecule is NC(=S)c1cc(Br)ccc1OCCCc1ccncc1. The van der Waals surface area contributed by atoms with Gasteiger partial charge in [-0.05, 0) is 48.7 Å². The maximum absolute atomic E-state index is 5.77. The van der Waals surface area contributed by atoms with Gasteiger partial charge in [0, 0.05) is 16.9 Å². The summed E-state index contributed by atoms with van der Waals surface area (Å²) >= 11 is 8.43. The zero-order valence-corrected chi connectivity index (χ0v) is 13.3. The minimum atomic E-state index is 0.343. The second-order valence-corrected chi connectivity index (χ2v) is 5.67. The van der Waals surface area contributed by atoms with Crippen LogP contribution in [0.2, 0.25) is 0 Å². The number of aryl methyl sites for hydroxylation is 1. The molecule has 20 heavy (non-hydrogen) atoms. The van der Waals surface area contributed by atoms with E-state index < -0.39 is 0 Å². The van der Waals surface area contributed by atoms with Gasteiger partial charge in [0.15, 0.2) is 0 Å². The normalized spacial score (nSPS) is 10.2. The summed E-state index contributed by atoms with van der Waals surface area (Å²) in [7, 11) is 0. The van der Waals surface area contributed by atoms with Crippen LogP contribution in [-0.4, -0.2) is 16.6 Å². The van der Waals surface area contributed by atoms with E-state index in [1.165, 1.54) is 5.56 Å². The van der Waals surface area contributed by atoms with Gasteiger partial charge in [-0.15, -0.1) is 0 Å². The summed E-state index contributed by atoms with van der Waals surface area (Å²) in [6, 6.07) is 9.70. The summed E-state index contributed by atoms with van der Waals surface area (Å²) in [5.41, 5.74) is 7.72. The first kappa shape index (κ1) is 14.9. The molecule has 1 heterocycles. The summed E-state index contributed by atoms with van der Waals surface area (Å²) in [4.78, 5) is 4.34. The lowest BCUT2D eigenvalue weighted by atomic mass is 10.1. The van der Waals surface area contributed by atoms with Crippen molar-refractivity contribution < 1.29 is 4.74 Å². The van der Waals surface area contributed by atoms with Crippen molar-refractivity contribution in [3.8, 4) is 5.75 Å². The predicted octanol–water partition coefficient (Wildman–Crippen LogP) is 3.49. The number of hydrogen-bond acceptors (Lipinski definition) is 3. The Bertz CT molecular complexity index is 590. The first-order valence-electron chi connectivity index (χ1n) is 6.28. The Morgan fingerprint density at radius 1 is 1.25 bits per heavy atom. The second kappa shape index (κ2) is 7.36. The lowest BCUT2D eigenvalue weighted by Gasteiger charge is -2.11. The molecule has 0 aliphatic carbocycles. The van der Waals surface area contributed by atoms with Crippen molar-refractivity contribution in [1.29, 1.82) is 0 Å². The van der Waals surface area contributed by atoms with Crippen molar-refractivity contribution in [2.24, 2.45) is 5.73 Å². The molecule has 3 nitrogen and oxygen atoms in total. The molecule has 0 spiro atoms. The summed E-state index contributed by atoms with van der Waals surface area (Å²) in [5, 5.41) is 0. The fourth-order valence-corrected chi connectivity index (χ4v) is 2.35. The van der Waals surface area contributed by atoms with Gasteiger partial charge >= 0.3 is 0 Å². The lowest BCUT2D eigenvalue weighted by molar-refractivity contribution is 0.310. The number of nitrogens with zero attached hydrogens (tertiary/aromatic N) is 1. The Kier molecular flexibility index (Phi) is 5.49. The zero-order valence-electron chi connectivity index (χ0n) is 10.9. The van der Waals surface area contributed by atoms with Gasteiger partial charge in [0.1, 0.15) is 10.7 Å². The van der Waals surface area contributed by atoms with E-state index in [1.807, 2.05) is 30.3 Å². The highest BCUT2D eigenvalue weighted by Crippen LogP contribution is 2.23. The highest BCUT2D eigenvalue weighted by molar-refractivity contribution is 9.10. The molecule has 0 fully saturated rings. The number of halogens is 1. The fraction of sp³-hybridized carbons (Fsp3) is 0.200. The first-order valence-corrected chi connectivity index (χ1v) is 7.48. The van der Waals surface area contributed by atoms with E-state index >= 15 is 0 Å². The number of rotatable bonds is 6. The molecule has 2 rings (SSSR count). The number of pyridine rings is 1. The molecular weight excluding hydrogens is 336 g/mol. The molecule has 104 valence electrons. The quantitative estimate of drug-likeness (QED) is 0.639. The van der Waals surface area contributed by atoms with Crippen molar-refractivity contribution in [3.05, 3.63) is 58.3 Å². The third kappa shape index (κ3) is 4.28. The molecule has 0 aliphatic heterocycles. The molecule has 0 bridgehead atoms. The number of aromatic nitrogens is 1. The van der Waals surface area contributed by atoms with Crippen LogP contribution in [0.4, 0.5) is 0 Å². The largest absolute Gasteiger partial charge is 0.493 e. The van der Waals surface area contributed by atoms with Gasteiger partial charge in [-0.3, -0.25) is 4.98 Å². The van der Waals surface area contributed by atoms with Crippen LogP contribution in [0, 0.1) is 0 Å². The molecule has 0 saturated heterocycles. The van der Waals surface area contributed by atoms with Gasteiger partial charge in [-0.2, -0.15) is 0 Å². The smallest absolute Gasteiger partial charge is 0.129 e. The van der Waals surface area contributed by atoms with E-state index in [0.717, 1.165) is 28.6 Å². The maximum atomic E-state index is 5.77. The number of ether oxygens (including phenoxy) is 1. The van der Waals surface area contributed by atoms with Gasteiger partial charge in [-0.1, -0.05) is 28.1 Å². The Morgan fingerprint density at radius 2 is 2.00 bits per heavy atom. The average molecular weight is 351 g/mol. The van der Waals surface area contributed by atoms with Crippen molar-refractivity contribution >= 4 is 33.1 Å². The summed E-state index contributed by atoms with van der Waals surface area (Å²) < 4.78 is 6.71. The summed E-state index contributed by atoms with van der Waals surface area (Å²) in [5.74, 6) is 0.732. The monoisotopic (exact) mass is 350 g/mol. The Balaban J connectivity index is 1.90. The van der Waals surface area contributed by atoms with Crippen LogP contribution in [0.15, 0.2) is 47.2 Å². The third-order valence-electron chi connectivity index (χ3n) is 2.82. The van der Waals surface area contributed by atoms with E-state index in [4.69, 9.17) is 22.7 Å². The molecule has 1 aromatic carbocycles. The van der Waals surface area contributed by atoms with E-state index in [2.05, 4.69) is 20.9 Å². The number of benzene rings is 1. The third-order valence-corrected chi connectivity index (χ3v) is 3.54. The van der Waals surface area contributed by atoms with Gasteiger partial charge in [0.05, 0.1) is 12.2 Å². The highest BCUT2D eigenvalue weighted by Gasteiger charge is 2.07. The molecule has 0 aliphatic rings. The summed E-state index contributed by atoms with van der Waals surface area (Å²) in [6.45, 7) is 0.625. The van der Waals surface area contributed by atoms with Crippen LogP contribution < -0.4 is 10.5 Å². The molecule has 0 atom stereocenters. The predicted molar refractivity (Wildman–Crippen MR) is 88.1 cm³/mol. The van der Waals surface area contributed by atoms with Gasteiger partial charge in [-0.25, -0.2) is 0 Å². The number of thiocarbonyl (C=S) groups is 1. The molecule has 0 radical (unpaired) electrons. The van der Waals surface area contributed by atoms with E-state index in [9.17, 15) is 0 Å². The standard InChI is InChI=1S/C15H15BrN2OS/c16-12-3-4-14(13(10-12)15(17)20)19-9-1-2-11-5-7-18-8-6-11/h3-8,10H,1-2,9H2,(H2,17,20). The van der Waals surface area contributed by atoms with Crippen LogP contribution in [0.5, 0.6) is 5.75 Å². The van der Waals surface area contributed by atoms with E-state index in [1.54, 1.807) is 12.4 Å². The van der Waals surface area contributed by atoms with E-state index in [0.29, 0.717) is 11.6 Å². The molecular formula is C15H15BrN2OS. The average Bonchev–Trinajstić information content (AvgIpc) is 2.45. The van der Waals surface area contributed by atoms with Crippen LogP contribution in [0.3, 0.4) is 0 Å². The highest BCUT2D eigenvalue weighted by atomic mass is 79.9. The zero-order chi connectivity index (χ0) is 14.4. The van der Waals surface area contributed by atoms with Crippen LogP contribution in [0.1, 0.15) is 17.5 Å². The minimum Gasteiger partial charge on any atom is -0.493 e.